The van der Waals surface area contributed by atoms with E-state index in [1.54, 1.807) is 29.6 Å². The Labute approximate surface area is 168 Å². The van der Waals surface area contributed by atoms with E-state index in [4.69, 9.17) is 0 Å². The average Bonchev–Trinajstić information content (AvgIpc) is 3.13. The number of aromatic amines is 1. The summed E-state index contributed by atoms with van der Waals surface area (Å²) in [6, 6.07) is 4.17. The van der Waals surface area contributed by atoms with Crippen LogP contribution < -0.4 is 0 Å². The predicted molar refractivity (Wildman–Crippen MR) is 102 cm³/mol. The first-order chi connectivity index (χ1) is 14.2. The van der Waals surface area contributed by atoms with Crippen molar-refractivity contribution in [1.82, 2.24) is 34.7 Å². The lowest BCUT2D eigenvalue weighted by Crippen LogP contribution is -2.41. The fraction of sp³-hybridized carbons (Fsp3) is 0.316. The van der Waals surface area contributed by atoms with E-state index >= 15 is 0 Å². The maximum atomic E-state index is 14.2. The molecule has 0 saturated heterocycles. The molecule has 6 rings (SSSR count). The average molecular weight is 409 g/mol. The molecule has 1 amide bonds. The van der Waals surface area contributed by atoms with Crippen LogP contribution in [-0.2, 0) is 6.42 Å². The number of carbonyl (C=O) groups is 1. The van der Waals surface area contributed by atoms with Gasteiger partial charge in [-0.3, -0.25) is 4.79 Å². The van der Waals surface area contributed by atoms with Crippen LogP contribution >= 0.6 is 11.3 Å². The van der Waals surface area contributed by atoms with Crippen LogP contribution in [0, 0.1) is 5.82 Å². The second kappa shape index (κ2) is 6.18. The number of nitrogens with zero attached hydrogens (tertiary/aromatic N) is 6. The third-order valence-corrected chi connectivity index (χ3v) is 6.56. The highest BCUT2D eigenvalue weighted by molar-refractivity contribution is 7.13. The van der Waals surface area contributed by atoms with E-state index in [-0.39, 0.29) is 11.7 Å². The van der Waals surface area contributed by atoms with Crippen molar-refractivity contribution < 1.29 is 9.18 Å². The lowest BCUT2D eigenvalue weighted by Gasteiger charge is -2.33. The quantitative estimate of drug-likeness (QED) is 0.562. The fourth-order valence-electron chi connectivity index (χ4n) is 3.87. The van der Waals surface area contributed by atoms with Gasteiger partial charge in [-0.15, -0.1) is 10.2 Å². The number of amides is 1. The number of aromatic nitrogens is 6. The summed E-state index contributed by atoms with van der Waals surface area (Å²) < 4.78 is 15.7. The highest BCUT2D eigenvalue weighted by Crippen LogP contribution is 2.42. The first kappa shape index (κ1) is 16.8. The van der Waals surface area contributed by atoms with E-state index in [0.29, 0.717) is 35.1 Å². The summed E-state index contributed by atoms with van der Waals surface area (Å²) in [5.41, 5.74) is 2.64. The van der Waals surface area contributed by atoms with Gasteiger partial charge in [0.15, 0.2) is 0 Å². The number of imidazole rings is 1. The van der Waals surface area contributed by atoms with Crippen LogP contribution in [0.3, 0.4) is 0 Å². The van der Waals surface area contributed by atoms with Crippen molar-refractivity contribution in [2.24, 2.45) is 0 Å². The number of hydrogen-bond donors (Lipinski definition) is 1. The monoisotopic (exact) mass is 409 g/mol. The molecule has 146 valence electrons. The van der Waals surface area contributed by atoms with E-state index in [2.05, 4.69) is 25.3 Å². The summed E-state index contributed by atoms with van der Waals surface area (Å²) in [5.74, 6) is -0.100. The molecule has 8 nitrogen and oxygen atoms in total. The highest BCUT2D eigenvalue weighted by atomic mass is 32.1. The number of rotatable bonds is 3. The Kier molecular flexibility index (Phi) is 3.58. The summed E-state index contributed by atoms with van der Waals surface area (Å²) in [6.45, 7) is 0.493. The van der Waals surface area contributed by atoms with Crippen molar-refractivity contribution >= 4 is 22.8 Å². The van der Waals surface area contributed by atoms with Crippen molar-refractivity contribution in [3.05, 3.63) is 63.6 Å². The Hall–Kier alpha value is -3.14. The minimum absolute atomic E-state index is 0.189. The standard InChI is InChI=1S/C19H16FN7OS/c20-11-2-1-6-27-14(11)8-13(25-27)16-15-12(21-9-22-15)5-7-26(16)19(28)18-24-23-17(29-18)10-3-4-10/h1-2,6,8-10,16H,3-5,7H2,(H,21,22). The van der Waals surface area contributed by atoms with Gasteiger partial charge in [0.2, 0.25) is 5.01 Å². The maximum absolute atomic E-state index is 14.2. The molecule has 1 N–H and O–H groups in total. The van der Waals surface area contributed by atoms with Gasteiger partial charge in [-0.2, -0.15) is 5.10 Å². The lowest BCUT2D eigenvalue weighted by atomic mass is 9.99. The normalized spacial score (nSPS) is 18.9. The molecule has 0 spiro atoms. The minimum Gasteiger partial charge on any atom is -0.348 e. The number of H-pyrrole nitrogens is 1. The Morgan fingerprint density at radius 3 is 3.03 bits per heavy atom. The number of fused-ring (bicyclic) bond motifs is 2. The molecule has 4 aromatic rings. The molecule has 1 saturated carbocycles. The van der Waals surface area contributed by atoms with Crippen molar-refractivity contribution in [1.29, 1.82) is 0 Å². The molecular formula is C19H16FN7OS. The third kappa shape index (κ3) is 2.66. The van der Waals surface area contributed by atoms with Gasteiger partial charge in [-0.1, -0.05) is 11.3 Å². The second-order valence-electron chi connectivity index (χ2n) is 7.39. The van der Waals surface area contributed by atoms with E-state index in [0.717, 1.165) is 29.2 Å². The van der Waals surface area contributed by atoms with Crippen LogP contribution in [0.1, 0.15) is 56.7 Å². The summed E-state index contributed by atoms with van der Waals surface area (Å²) in [7, 11) is 0. The number of pyridine rings is 1. The van der Waals surface area contributed by atoms with Gasteiger partial charge in [-0.05, 0) is 31.0 Å². The first-order valence-corrected chi connectivity index (χ1v) is 10.3. The molecule has 2 aliphatic rings. The van der Waals surface area contributed by atoms with E-state index in [1.807, 2.05) is 0 Å². The highest BCUT2D eigenvalue weighted by Gasteiger charge is 2.38. The van der Waals surface area contributed by atoms with Crippen molar-refractivity contribution in [3.63, 3.8) is 0 Å². The molecule has 1 aliphatic heterocycles. The van der Waals surface area contributed by atoms with Crippen LogP contribution in [0.15, 0.2) is 30.7 Å². The molecular weight excluding hydrogens is 393 g/mol. The molecule has 0 bridgehead atoms. The summed E-state index contributed by atoms with van der Waals surface area (Å²) >= 11 is 1.37. The third-order valence-electron chi connectivity index (χ3n) is 5.49. The molecule has 5 heterocycles. The summed E-state index contributed by atoms with van der Waals surface area (Å²) in [6.07, 6.45) is 6.19. The number of carbonyl (C=O) groups excluding carboxylic acids is 1. The van der Waals surface area contributed by atoms with Gasteiger partial charge in [0.25, 0.3) is 5.91 Å². The lowest BCUT2D eigenvalue weighted by molar-refractivity contribution is 0.0685. The Balaban J connectivity index is 1.44. The van der Waals surface area contributed by atoms with E-state index in [1.165, 1.54) is 21.9 Å². The zero-order chi connectivity index (χ0) is 19.5. The van der Waals surface area contributed by atoms with Gasteiger partial charge in [0.05, 0.1) is 17.7 Å². The molecule has 0 radical (unpaired) electrons. The number of hydrogen-bond acceptors (Lipinski definition) is 6. The van der Waals surface area contributed by atoms with E-state index < -0.39 is 6.04 Å². The Bertz CT molecular complexity index is 1240. The van der Waals surface area contributed by atoms with E-state index in [9.17, 15) is 9.18 Å². The van der Waals surface area contributed by atoms with Gasteiger partial charge in [0, 0.05) is 30.8 Å². The van der Waals surface area contributed by atoms with Gasteiger partial charge in [-0.25, -0.2) is 13.9 Å². The van der Waals surface area contributed by atoms with Gasteiger partial charge >= 0.3 is 0 Å². The SMILES string of the molecule is O=C(c1nnc(C2CC2)s1)N1CCc2[nH]cnc2C1c1cc2c(F)cccn2n1. The second-order valence-corrected chi connectivity index (χ2v) is 8.40. The number of nitrogens with one attached hydrogen (secondary N) is 1. The molecule has 1 atom stereocenters. The number of halogens is 1. The topological polar surface area (TPSA) is 92.1 Å². The van der Waals surface area contributed by atoms with Gasteiger partial charge in [0.1, 0.15) is 22.4 Å². The zero-order valence-corrected chi connectivity index (χ0v) is 16.1. The fourth-order valence-corrected chi connectivity index (χ4v) is 4.84. The molecule has 1 fully saturated rings. The minimum atomic E-state index is -0.509. The van der Waals surface area contributed by atoms with Crippen LogP contribution in [0.2, 0.25) is 0 Å². The maximum Gasteiger partial charge on any atom is 0.285 e. The summed E-state index contributed by atoms with van der Waals surface area (Å²) in [5, 5.41) is 14.2. The van der Waals surface area contributed by atoms with Gasteiger partial charge < -0.3 is 9.88 Å². The van der Waals surface area contributed by atoms with Crippen LogP contribution in [0.25, 0.3) is 5.52 Å². The molecule has 29 heavy (non-hydrogen) atoms. The molecule has 1 aliphatic carbocycles. The first-order valence-electron chi connectivity index (χ1n) is 9.49. The van der Waals surface area contributed by atoms with Crippen LogP contribution in [0.5, 0.6) is 0 Å². The van der Waals surface area contributed by atoms with Crippen LogP contribution in [-0.4, -0.2) is 47.1 Å². The summed E-state index contributed by atoms with van der Waals surface area (Å²) in [4.78, 5) is 22.7. The predicted octanol–water partition coefficient (Wildman–Crippen LogP) is 2.71. The van der Waals surface area contributed by atoms with Crippen molar-refractivity contribution in [2.75, 3.05) is 6.54 Å². The Morgan fingerprint density at radius 2 is 2.21 bits per heavy atom. The smallest absolute Gasteiger partial charge is 0.285 e. The Morgan fingerprint density at radius 1 is 1.31 bits per heavy atom. The van der Waals surface area contributed by atoms with Crippen LogP contribution in [0.4, 0.5) is 4.39 Å². The van der Waals surface area contributed by atoms with Crippen molar-refractivity contribution in [3.8, 4) is 0 Å². The zero-order valence-electron chi connectivity index (χ0n) is 15.2. The molecule has 4 aromatic heterocycles. The molecule has 10 heteroatoms. The largest absolute Gasteiger partial charge is 0.348 e. The molecule has 1 unspecified atom stereocenters. The van der Waals surface area contributed by atoms with Crippen molar-refractivity contribution in [2.45, 2.75) is 31.2 Å². The molecule has 0 aromatic carbocycles.